The number of aliphatic hydroxyl groups is 2. The molecule has 2 aliphatic rings. The first-order valence-electron chi connectivity index (χ1n) is 6.41. The molecule has 0 unspecified atom stereocenters. The Balaban J connectivity index is 2.10. The molecule has 2 rings (SSSR count). The Labute approximate surface area is 102 Å². The fourth-order valence-corrected chi connectivity index (χ4v) is 3.61. The van der Waals surface area contributed by atoms with Gasteiger partial charge in [0.15, 0.2) is 0 Å². The zero-order valence-corrected chi connectivity index (χ0v) is 10.6. The number of esters is 1. The van der Waals surface area contributed by atoms with Gasteiger partial charge in [-0.25, -0.2) is 0 Å². The van der Waals surface area contributed by atoms with E-state index in [4.69, 9.17) is 4.74 Å². The number of ether oxygens (including phenoxy) is 1. The smallest absolute Gasteiger partial charge is 0.302 e. The van der Waals surface area contributed by atoms with Crippen LogP contribution in [0.25, 0.3) is 0 Å². The molecule has 0 aliphatic heterocycles. The Bertz CT molecular complexity index is 317. The first-order chi connectivity index (χ1) is 7.87. The Hall–Kier alpha value is -0.610. The van der Waals surface area contributed by atoms with E-state index in [9.17, 15) is 15.0 Å². The summed E-state index contributed by atoms with van der Waals surface area (Å²) >= 11 is 0. The molecule has 0 radical (unpaired) electrons. The number of carbonyl (C=O) groups is 1. The summed E-state index contributed by atoms with van der Waals surface area (Å²) in [5, 5.41) is 20.4. The van der Waals surface area contributed by atoms with Crippen molar-refractivity contribution >= 4 is 5.97 Å². The Morgan fingerprint density at radius 3 is 2.76 bits per heavy atom. The van der Waals surface area contributed by atoms with Crippen LogP contribution in [0.4, 0.5) is 0 Å². The van der Waals surface area contributed by atoms with Gasteiger partial charge in [0.05, 0.1) is 18.3 Å². The number of hydrogen-bond donors (Lipinski definition) is 2. The molecule has 0 saturated heterocycles. The molecule has 0 spiro atoms. The van der Waals surface area contributed by atoms with Crippen LogP contribution in [0.3, 0.4) is 0 Å². The zero-order chi connectivity index (χ0) is 12.7. The number of fused-ring (bicyclic) bond motifs is 1. The average Bonchev–Trinajstić information content (AvgIpc) is 2.48. The number of rotatable bonds is 2. The van der Waals surface area contributed by atoms with E-state index in [0.717, 1.165) is 19.3 Å². The van der Waals surface area contributed by atoms with Gasteiger partial charge in [-0.15, -0.1) is 0 Å². The van der Waals surface area contributed by atoms with E-state index in [0.29, 0.717) is 19.4 Å². The van der Waals surface area contributed by atoms with Gasteiger partial charge in [-0.2, -0.15) is 0 Å². The molecule has 2 fully saturated rings. The first-order valence-corrected chi connectivity index (χ1v) is 6.41. The summed E-state index contributed by atoms with van der Waals surface area (Å²) < 4.78 is 5.10. The lowest BCUT2D eigenvalue weighted by Gasteiger charge is -2.48. The molecule has 4 atom stereocenters. The van der Waals surface area contributed by atoms with Crippen LogP contribution in [0.15, 0.2) is 0 Å². The van der Waals surface area contributed by atoms with Crippen molar-refractivity contribution < 1.29 is 19.7 Å². The van der Waals surface area contributed by atoms with Gasteiger partial charge in [-0.3, -0.25) is 4.79 Å². The quantitative estimate of drug-likeness (QED) is 0.715. The van der Waals surface area contributed by atoms with E-state index in [2.05, 4.69) is 6.92 Å². The van der Waals surface area contributed by atoms with Gasteiger partial charge < -0.3 is 14.9 Å². The predicted octanol–water partition coefficient (Wildman–Crippen LogP) is 1.24. The molecule has 0 aromatic carbocycles. The van der Waals surface area contributed by atoms with Gasteiger partial charge in [0.1, 0.15) is 0 Å². The summed E-state index contributed by atoms with van der Waals surface area (Å²) in [5.41, 5.74) is -1.00. The Morgan fingerprint density at radius 1 is 1.41 bits per heavy atom. The molecule has 17 heavy (non-hydrogen) atoms. The fourth-order valence-electron chi connectivity index (χ4n) is 3.61. The van der Waals surface area contributed by atoms with Crippen LogP contribution in [0, 0.1) is 11.3 Å². The Morgan fingerprint density at radius 2 is 2.12 bits per heavy atom. The number of carbonyl (C=O) groups excluding carboxylic acids is 1. The molecule has 0 heterocycles. The minimum atomic E-state index is -0.782. The summed E-state index contributed by atoms with van der Waals surface area (Å²) in [6.45, 7) is 3.87. The molecule has 2 aliphatic carbocycles. The molecule has 4 nitrogen and oxygen atoms in total. The van der Waals surface area contributed by atoms with E-state index in [1.165, 1.54) is 6.92 Å². The lowest BCUT2D eigenvalue weighted by molar-refractivity contribution is -0.153. The zero-order valence-electron chi connectivity index (χ0n) is 10.6. The van der Waals surface area contributed by atoms with Gasteiger partial charge >= 0.3 is 5.97 Å². The van der Waals surface area contributed by atoms with Gasteiger partial charge in [0.25, 0.3) is 0 Å². The lowest BCUT2D eigenvalue weighted by atomic mass is 9.62. The second-order valence-electron chi connectivity index (χ2n) is 5.88. The molecule has 0 aromatic heterocycles. The van der Waals surface area contributed by atoms with Crippen molar-refractivity contribution in [3.63, 3.8) is 0 Å². The highest BCUT2D eigenvalue weighted by molar-refractivity contribution is 5.65. The van der Waals surface area contributed by atoms with Crippen molar-refractivity contribution in [1.82, 2.24) is 0 Å². The van der Waals surface area contributed by atoms with Crippen LogP contribution in [-0.2, 0) is 9.53 Å². The molecule has 0 amide bonds. The molecular formula is C13H22O4. The van der Waals surface area contributed by atoms with Gasteiger partial charge in [0.2, 0.25) is 0 Å². The monoisotopic (exact) mass is 242 g/mol. The molecule has 2 saturated carbocycles. The minimum absolute atomic E-state index is 0.212. The molecule has 0 aromatic rings. The van der Waals surface area contributed by atoms with Crippen molar-refractivity contribution in [2.24, 2.45) is 11.3 Å². The van der Waals surface area contributed by atoms with Crippen molar-refractivity contribution in [2.75, 3.05) is 6.61 Å². The third-order valence-corrected chi connectivity index (χ3v) is 4.93. The maximum Gasteiger partial charge on any atom is 0.302 e. The van der Waals surface area contributed by atoms with Crippen molar-refractivity contribution in [1.29, 1.82) is 0 Å². The molecule has 4 heteroatoms. The standard InChI is InChI=1S/C13H22O4/c1-9(14)17-8-10-3-6-13(16)7-11(15)4-5-12(10,13)2/h10-11,15-16H,3-8H2,1-2H3/t10-,11+,12-,13+/m1/s1. The highest BCUT2D eigenvalue weighted by atomic mass is 16.5. The summed E-state index contributed by atoms with van der Waals surface area (Å²) in [6.07, 6.45) is 3.17. The summed E-state index contributed by atoms with van der Waals surface area (Å²) in [5.74, 6) is -0.0521. The van der Waals surface area contributed by atoms with Crippen molar-refractivity contribution in [3.8, 4) is 0 Å². The van der Waals surface area contributed by atoms with Crippen molar-refractivity contribution in [2.45, 2.75) is 57.7 Å². The number of hydrogen-bond acceptors (Lipinski definition) is 4. The molecule has 98 valence electrons. The van der Waals surface area contributed by atoms with E-state index in [1.54, 1.807) is 0 Å². The highest BCUT2D eigenvalue weighted by Gasteiger charge is 2.58. The van der Waals surface area contributed by atoms with Gasteiger partial charge in [-0.05, 0) is 25.7 Å². The van der Waals surface area contributed by atoms with Crippen LogP contribution in [-0.4, -0.2) is 34.5 Å². The van der Waals surface area contributed by atoms with Crippen molar-refractivity contribution in [3.05, 3.63) is 0 Å². The first kappa shape index (κ1) is 12.8. The summed E-state index contributed by atoms with van der Waals surface area (Å²) in [7, 11) is 0. The van der Waals surface area contributed by atoms with Crippen LogP contribution in [0.2, 0.25) is 0 Å². The summed E-state index contributed by atoms with van der Waals surface area (Å²) in [4.78, 5) is 10.9. The van der Waals surface area contributed by atoms with E-state index in [1.807, 2.05) is 0 Å². The molecular weight excluding hydrogens is 220 g/mol. The normalized spacial score (nSPS) is 45.4. The fraction of sp³-hybridized carbons (Fsp3) is 0.923. The predicted molar refractivity (Wildman–Crippen MR) is 62.3 cm³/mol. The van der Waals surface area contributed by atoms with E-state index < -0.39 is 5.60 Å². The van der Waals surface area contributed by atoms with E-state index >= 15 is 0 Å². The second-order valence-corrected chi connectivity index (χ2v) is 5.88. The second kappa shape index (κ2) is 4.25. The largest absolute Gasteiger partial charge is 0.466 e. The molecule has 0 bridgehead atoms. The average molecular weight is 242 g/mol. The minimum Gasteiger partial charge on any atom is -0.466 e. The SMILES string of the molecule is CC(=O)OC[C@H]1CC[C@]2(O)C[C@@H](O)CC[C@]12C. The van der Waals surface area contributed by atoms with Crippen LogP contribution < -0.4 is 0 Å². The Kier molecular flexibility index (Phi) is 3.21. The van der Waals surface area contributed by atoms with Crippen LogP contribution >= 0.6 is 0 Å². The highest BCUT2D eigenvalue weighted by Crippen LogP contribution is 2.57. The van der Waals surface area contributed by atoms with Gasteiger partial charge in [0, 0.05) is 24.7 Å². The third kappa shape index (κ3) is 2.08. The maximum absolute atomic E-state index is 10.9. The molecule has 2 N–H and O–H groups in total. The van der Waals surface area contributed by atoms with Crippen LogP contribution in [0.1, 0.15) is 46.0 Å². The van der Waals surface area contributed by atoms with Crippen LogP contribution in [0.5, 0.6) is 0 Å². The third-order valence-electron chi connectivity index (χ3n) is 4.93. The van der Waals surface area contributed by atoms with E-state index in [-0.39, 0.29) is 23.4 Å². The number of aliphatic hydroxyl groups excluding tert-OH is 1. The summed E-state index contributed by atoms with van der Waals surface area (Å²) in [6, 6.07) is 0. The lowest BCUT2D eigenvalue weighted by Crippen LogP contribution is -2.51. The van der Waals surface area contributed by atoms with Gasteiger partial charge in [-0.1, -0.05) is 6.92 Å². The topological polar surface area (TPSA) is 66.8 Å². The maximum atomic E-state index is 10.9.